The summed E-state index contributed by atoms with van der Waals surface area (Å²) in [5.41, 5.74) is 3.83. The van der Waals surface area contributed by atoms with Crippen LogP contribution in [0.15, 0.2) is 72.8 Å². The van der Waals surface area contributed by atoms with Gasteiger partial charge in [0.15, 0.2) is 0 Å². The third kappa shape index (κ3) is 6.11. The van der Waals surface area contributed by atoms with Crippen LogP contribution in [0.3, 0.4) is 0 Å². The molecule has 32 heavy (non-hydrogen) atoms. The molecule has 0 unspecified atom stereocenters. The van der Waals surface area contributed by atoms with Gasteiger partial charge in [0, 0.05) is 17.1 Å². The number of sulfonamides is 1. The van der Waals surface area contributed by atoms with Gasteiger partial charge in [-0.15, -0.1) is 0 Å². The molecule has 0 aliphatic heterocycles. The number of nitrogens with zero attached hydrogens (tertiary/aromatic N) is 1. The van der Waals surface area contributed by atoms with Gasteiger partial charge >= 0.3 is 0 Å². The maximum Gasteiger partial charge on any atom is 0.251 e. The number of anilines is 1. The van der Waals surface area contributed by atoms with Gasteiger partial charge in [-0.3, -0.25) is 9.10 Å². The van der Waals surface area contributed by atoms with E-state index in [2.05, 4.69) is 12.2 Å². The molecule has 0 aliphatic rings. The summed E-state index contributed by atoms with van der Waals surface area (Å²) >= 11 is 6.19. The van der Waals surface area contributed by atoms with Crippen molar-refractivity contribution in [2.45, 2.75) is 26.3 Å². The Morgan fingerprint density at radius 2 is 1.69 bits per heavy atom. The van der Waals surface area contributed by atoms with E-state index < -0.39 is 10.0 Å². The highest BCUT2D eigenvalue weighted by molar-refractivity contribution is 7.92. The van der Waals surface area contributed by atoms with Crippen LogP contribution >= 0.6 is 11.6 Å². The Morgan fingerprint density at radius 1 is 1.03 bits per heavy atom. The van der Waals surface area contributed by atoms with Crippen molar-refractivity contribution in [3.63, 3.8) is 0 Å². The van der Waals surface area contributed by atoms with E-state index in [0.29, 0.717) is 22.8 Å². The van der Waals surface area contributed by atoms with Gasteiger partial charge in [0.1, 0.15) is 0 Å². The van der Waals surface area contributed by atoms with Gasteiger partial charge in [-0.1, -0.05) is 67.1 Å². The van der Waals surface area contributed by atoms with Crippen molar-refractivity contribution < 1.29 is 13.2 Å². The fourth-order valence-corrected chi connectivity index (χ4v) is 4.37. The summed E-state index contributed by atoms with van der Waals surface area (Å²) in [4.78, 5) is 12.5. The molecule has 168 valence electrons. The quantitative estimate of drug-likeness (QED) is 0.495. The predicted molar refractivity (Wildman–Crippen MR) is 131 cm³/mol. The molecule has 0 heterocycles. The molecule has 0 radical (unpaired) electrons. The Labute approximate surface area is 195 Å². The predicted octanol–water partition coefficient (Wildman–Crippen LogP) is 5.15. The van der Waals surface area contributed by atoms with E-state index in [1.807, 2.05) is 37.3 Å². The first-order valence-corrected chi connectivity index (χ1v) is 12.5. The second-order valence-electron chi connectivity index (χ2n) is 7.92. The molecule has 0 saturated carbocycles. The van der Waals surface area contributed by atoms with Crippen molar-refractivity contribution in [2.75, 3.05) is 17.1 Å². The first-order valence-electron chi connectivity index (χ1n) is 10.3. The summed E-state index contributed by atoms with van der Waals surface area (Å²) < 4.78 is 26.1. The van der Waals surface area contributed by atoms with Crippen LogP contribution in [0.5, 0.6) is 0 Å². The Kier molecular flexibility index (Phi) is 7.59. The molecule has 5 nitrogen and oxygen atoms in total. The molecule has 0 spiro atoms. The zero-order valence-corrected chi connectivity index (χ0v) is 20.0. The van der Waals surface area contributed by atoms with Crippen LogP contribution in [-0.4, -0.2) is 27.1 Å². The highest BCUT2D eigenvalue weighted by Crippen LogP contribution is 2.26. The number of carbonyl (C=O) groups is 1. The first-order chi connectivity index (χ1) is 15.1. The minimum Gasteiger partial charge on any atom is -0.351 e. The summed E-state index contributed by atoms with van der Waals surface area (Å²) in [6.45, 7) is 4.60. The number of benzene rings is 3. The average molecular weight is 471 g/mol. The highest BCUT2D eigenvalue weighted by Gasteiger charge is 2.19. The monoisotopic (exact) mass is 470 g/mol. The molecule has 1 atom stereocenters. The maximum atomic E-state index is 12.5. The maximum absolute atomic E-state index is 12.5. The number of hydrogen-bond acceptors (Lipinski definition) is 3. The molecule has 3 aromatic carbocycles. The molecular formula is C25H27ClN2O3S. The lowest BCUT2D eigenvalue weighted by Crippen LogP contribution is -2.29. The molecule has 0 aromatic heterocycles. The lowest BCUT2D eigenvalue weighted by atomic mass is 10.0. The van der Waals surface area contributed by atoms with Crippen molar-refractivity contribution in [1.29, 1.82) is 0 Å². The molecule has 3 aromatic rings. The van der Waals surface area contributed by atoms with E-state index in [4.69, 9.17) is 11.6 Å². The minimum absolute atomic E-state index is 0.144. The third-order valence-electron chi connectivity index (χ3n) is 5.32. The lowest BCUT2D eigenvalue weighted by molar-refractivity contribution is 0.0951. The van der Waals surface area contributed by atoms with Crippen molar-refractivity contribution in [2.24, 2.45) is 0 Å². The molecule has 0 aliphatic carbocycles. The van der Waals surface area contributed by atoms with E-state index in [1.165, 1.54) is 9.87 Å². The van der Waals surface area contributed by atoms with Crippen LogP contribution in [0.25, 0.3) is 0 Å². The second kappa shape index (κ2) is 10.2. The smallest absolute Gasteiger partial charge is 0.251 e. The molecule has 1 N–H and O–H groups in total. The topological polar surface area (TPSA) is 66.5 Å². The Morgan fingerprint density at radius 3 is 2.28 bits per heavy atom. The third-order valence-corrected chi connectivity index (χ3v) is 6.87. The lowest BCUT2D eigenvalue weighted by Gasteiger charge is -2.23. The fourth-order valence-electron chi connectivity index (χ4n) is 3.31. The van der Waals surface area contributed by atoms with Crippen LogP contribution < -0.4 is 9.62 Å². The van der Waals surface area contributed by atoms with Gasteiger partial charge < -0.3 is 5.32 Å². The SMILES string of the molecule is Cc1ccc(N(Cc2ccc(C(=O)NC[C@@H](C)c3ccccc3)cc2)S(C)(=O)=O)cc1Cl. The van der Waals surface area contributed by atoms with Gasteiger partial charge in [-0.25, -0.2) is 8.42 Å². The summed E-state index contributed by atoms with van der Waals surface area (Å²) in [7, 11) is -3.52. The van der Waals surface area contributed by atoms with Crippen LogP contribution in [0.2, 0.25) is 5.02 Å². The van der Waals surface area contributed by atoms with Crippen LogP contribution in [0.4, 0.5) is 5.69 Å². The summed E-state index contributed by atoms with van der Waals surface area (Å²) in [6.07, 6.45) is 1.16. The number of aryl methyl sites for hydroxylation is 1. The van der Waals surface area contributed by atoms with Crippen molar-refractivity contribution in [3.05, 3.63) is 100 Å². The number of amides is 1. The number of hydrogen-bond donors (Lipinski definition) is 1. The van der Waals surface area contributed by atoms with Gasteiger partial charge in [0.25, 0.3) is 5.91 Å². The van der Waals surface area contributed by atoms with Gasteiger partial charge in [-0.05, 0) is 53.8 Å². The first kappa shape index (κ1) is 23.8. The van der Waals surface area contributed by atoms with Crippen molar-refractivity contribution >= 4 is 33.2 Å². The molecule has 1 amide bonds. The average Bonchev–Trinajstić information content (AvgIpc) is 2.78. The molecule has 0 fully saturated rings. The van der Waals surface area contributed by atoms with Crippen LogP contribution in [0, 0.1) is 6.92 Å². The van der Waals surface area contributed by atoms with Crippen LogP contribution in [-0.2, 0) is 16.6 Å². The number of nitrogens with one attached hydrogen (secondary N) is 1. The van der Waals surface area contributed by atoms with Crippen molar-refractivity contribution in [3.8, 4) is 0 Å². The van der Waals surface area contributed by atoms with E-state index in [1.54, 1.807) is 42.5 Å². The van der Waals surface area contributed by atoms with Gasteiger partial charge in [0.2, 0.25) is 10.0 Å². The van der Waals surface area contributed by atoms with Gasteiger partial charge in [0.05, 0.1) is 18.5 Å². The largest absolute Gasteiger partial charge is 0.351 e. The Bertz CT molecular complexity index is 1180. The van der Waals surface area contributed by atoms with Crippen LogP contribution in [0.1, 0.15) is 39.9 Å². The Balaban J connectivity index is 1.68. The molecule has 3 rings (SSSR count). The minimum atomic E-state index is -3.52. The standard InChI is InChI=1S/C25H27ClN2O3S/c1-18-9-14-23(15-24(18)26)28(32(3,30)31)17-20-10-12-22(13-11-20)25(29)27-16-19(2)21-7-5-4-6-8-21/h4-15,19H,16-17H2,1-3H3,(H,27,29)/t19-/m1/s1. The molecule has 0 bridgehead atoms. The summed E-state index contributed by atoms with van der Waals surface area (Å²) in [6, 6.07) is 22.1. The molecular weight excluding hydrogens is 444 g/mol. The summed E-state index contributed by atoms with van der Waals surface area (Å²) in [5.74, 6) is 0.0358. The number of rotatable bonds is 8. The molecule has 0 saturated heterocycles. The van der Waals surface area contributed by atoms with E-state index in [9.17, 15) is 13.2 Å². The normalized spacial score (nSPS) is 12.2. The zero-order chi connectivity index (χ0) is 23.3. The van der Waals surface area contributed by atoms with Gasteiger partial charge in [-0.2, -0.15) is 0 Å². The van der Waals surface area contributed by atoms with E-state index >= 15 is 0 Å². The molecule has 7 heteroatoms. The number of carbonyl (C=O) groups excluding carboxylic acids is 1. The summed E-state index contributed by atoms with van der Waals surface area (Å²) in [5, 5.41) is 3.47. The second-order valence-corrected chi connectivity index (χ2v) is 10.2. The zero-order valence-electron chi connectivity index (χ0n) is 18.4. The fraction of sp³-hybridized carbons (Fsp3) is 0.240. The Hall–Kier alpha value is -2.83. The van der Waals surface area contributed by atoms with E-state index in [0.717, 1.165) is 17.4 Å². The highest BCUT2D eigenvalue weighted by atomic mass is 35.5. The van der Waals surface area contributed by atoms with Crippen molar-refractivity contribution in [1.82, 2.24) is 5.32 Å². The van der Waals surface area contributed by atoms with E-state index in [-0.39, 0.29) is 18.4 Å². The number of halogens is 1.